The number of aromatic nitrogens is 1. The average Bonchev–Trinajstić information content (AvgIpc) is 2.27. The largest absolute Gasteiger partial charge is 0.389 e. The molecule has 1 aromatic heterocycles. The first-order valence-corrected chi connectivity index (χ1v) is 6.94. The van der Waals surface area contributed by atoms with Gasteiger partial charge in [-0.05, 0) is 18.9 Å². The lowest BCUT2D eigenvalue weighted by Gasteiger charge is -2.07. The van der Waals surface area contributed by atoms with Gasteiger partial charge in [0.05, 0.1) is 4.90 Å². The van der Waals surface area contributed by atoms with Gasteiger partial charge in [0.1, 0.15) is 0 Å². The minimum atomic E-state index is -4.22. The fraction of sp³-hybridized carbons (Fsp3) is 0.500. The second kappa shape index (κ2) is 6.20. The molecule has 1 aromatic rings. The molecule has 2 N–H and O–H groups in total. The van der Waals surface area contributed by atoms with E-state index in [1.54, 1.807) is 0 Å². The molecule has 0 aromatic carbocycles. The molecular weight excluding hydrogens is 285 g/mol. The van der Waals surface area contributed by atoms with E-state index in [9.17, 15) is 26.4 Å². The van der Waals surface area contributed by atoms with Crippen molar-refractivity contribution in [1.82, 2.24) is 9.71 Å². The number of rotatable bonds is 6. The Kier molecular flexibility index (Phi) is 5.12. The molecule has 0 atom stereocenters. The molecule has 19 heavy (non-hydrogen) atoms. The van der Waals surface area contributed by atoms with Crippen LogP contribution in [0.2, 0.25) is 0 Å². The molecule has 108 valence electrons. The highest BCUT2D eigenvalue weighted by molar-refractivity contribution is 7.89. The minimum Gasteiger partial charge on any atom is -0.328 e. The third-order valence-electron chi connectivity index (χ3n) is 2.25. The third-order valence-corrected chi connectivity index (χ3v) is 3.70. The third kappa shape index (κ3) is 5.88. The normalized spacial score (nSPS) is 12.6. The zero-order chi connectivity index (χ0) is 14.5. The maximum Gasteiger partial charge on any atom is 0.389 e. The summed E-state index contributed by atoms with van der Waals surface area (Å²) in [5.74, 6) is 0. The number of H-pyrrole nitrogens is 1. The second-order valence-electron chi connectivity index (χ2n) is 3.86. The van der Waals surface area contributed by atoms with E-state index in [1.165, 1.54) is 0 Å². The Bertz CT molecular complexity index is 546. The van der Waals surface area contributed by atoms with Crippen molar-refractivity contribution in [2.75, 3.05) is 6.54 Å². The number of pyridine rings is 1. The highest BCUT2D eigenvalue weighted by Gasteiger charge is 2.25. The summed E-state index contributed by atoms with van der Waals surface area (Å²) in [5, 5.41) is 0. The smallest absolute Gasteiger partial charge is 0.328 e. The number of aromatic amines is 1. The van der Waals surface area contributed by atoms with Gasteiger partial charge in [-0.15, -0.1) is 0 Å². The molecule has 0 unspecified atom stereocenters. The Morgan fingerprint density at radius 1 is 1.21 bits per heavy atom. The summed E-state index contributed by atoms with van der Waals surface area (Å²) in [4.78, 5) is 12.8. The van der Waals surface area contributed by atoms with Gasteiger partial charge in [-0.25, -0.2) is 13.1 Å². The molecule has 1 heterocycles. The molecule has 5 nitrogen and oxygen atoms in total. The van der Waals surface area contributed by atoms with Gasteiger partial charge < -0.3 is 4.98 Å². The van der Waals surface area contributed by atoms with Crippen LogP contribution in [-0.2, 0) is 10.0 Å². The molecule has 0 spiro atoms. The number of nitrogens with one attached hydrogen (secondary N) is 2. The Balaban J connectivity index is 2.44. The van der Waals surface area contributed by atoms with Crippen molar-refractivity contribution in [1.29, 1.82) is 0 Å². The van der Waals surface area contributed by atoms with Gasteiger partial charge in [-0.1, -0.05) is 0 Å². The van der Waals surface area contributed by atoms with Crippen LogP contribution in [-0.4, -0.2) is 26.1 Å². The van der Waals surface area contributed by atoms with E-state index in [0.29, 0.717) is 0 Å². The quantitative estimate of drug-likeness (QED) is 0.779. The Labute approximate surface area is 107 Å². The van der Waals surface area contributed by atoms with Crippen molar-refractivity contribution in [2.45, 2.75) is 30.3 Å². The van der Waals surface area contributed by atoms with Crippen LogP contribution in [0.1, 0.15) is 19.3 Å². The fourth-order valence-electron chi connectivity index (χ4n) is 1.30. The van der Waals surface area contributed by atoms with E-state index in [-0.39, 0.29) is 24.3 Å². The van der Waals surface area contributed by atoms with Gasteiger partial charge in [0.2, 0.25) is 15.6 Å². The molecule has 0 fully saturated rings. The van der Waals surface area contributed by atoms with Crippen LogP contribution in [0.25, 0.3) is 0 Å². The van der Waals surface area contributed by atoms with E-state index < -0.39 is 28.2 Å². The van der Waals surface area contributed by atoms with Gasteiger partial charge in [-0.2, -0.15) is 13.2 Å². The summed E-state index contributed by atoms with van der Waals surface area (Å²) in [6, 6.07) is 2.18. The van der Waals surface area contributed by atoms with Gasteiger partial charge in [0.25, 0.3) is 0 Å². The number of alkyl halides is 3. The van der Waals surface area contributed by atoms with Gasteiger partial charge in [0, 0.05) is 25.2 Å². The summed E-state index contributed by atoms with van der Waals surface area (Å²) in [5.41, 5.74) is -0.441. The molecule has 0 aliphatic heterocycles. The van der Waals surface area contributed by atoms with Crippen LogP contribution in [0.4, 0.5) is 13.2 Å². The second-order valence-corrected chi connectivity index (χ2v) is 5.63. The molecular formula is C10H13F3N2O3S. The zero-order valence-corrected chi connectivity index (χ0v) is 10.6. The van der Waals surface area contributed by atoms with Gasteiger partial charge in [-0.3, -0.25) is 4.79 Å². The molecule has 0 saturated heterocycles. The molecule has 0 radical (unpaired) electrons. The fourth-order valence-corrected chi connectivity index (χ4v) is 2.34. The predicted octanol–water partition coefficient (Wildman–Crippen LogP) is 1.39. The van der Waals surface area contributed by atoms with E-state index in [1.807, 2.05) is 0 Å². The van der Waals surface area contributed by atoms with Gasteiger partial charge >= 0.3 is 6.18 Å². The molecule has 9 heteroatoms. The number of unbranched alkanes of at least 4 members (excludes halogenated alkanes) is 1. The SMILES string of the molecule is O=c1ccc(S(=O)(=O)NCCCCC(F)(F)F)c[nH]1. The number of halogens is 3. The Morgan fingerprint density at radius 2 is 1.89 bits per heavy atom. The molecule has 0 aliphatic rings. The first-order chi connectivity index (χ1) is 8.71. The lowest BCUT2D eigenvalue weighted by molar-refractivity contribution is -0.135. The number of hydrogen-bond acceptors (Lipinski definition) is 3. The predicted molar refractivity (Wildman–Crippen MR) is 62.2 cm³/mol. The van der Waals surface area contributed by atoms with Crippen LogP contribution >= 0.6 is 0 Å². The molecule has 0 aliphatic carbocycles. The molecule has 1 rings (SSSR count). The van der Waals surface area contributed by atoms with Crippen molar-refractivity contribution in [3.63, 3.8) is 0 Å². The first-order valence-electron chi connectivity index (χ1n) is 5.46. The topological polar surface area (TPSA) is 79.0 Å². The molecule has 0 bridgehead atoms. The zero-order valence-electron chi connectivity index (χ0n) is 9.83. The van der Waals surface area contributed by atoms with E-state index in [2.05, 4.69) is 9.71 Å². The highest BCUT2D eigenvalue weighted by atomic mass is 32.2. The van der Waals surface area contributed by atoms with E-state index in [0.717, 1.165) is 18.3 Å². The summed E-state index contributed by atoms with van der Waals surface area (Å²) >= 11 is 0. The van der Waals surface area contributed by atoms with Crippen LogP contribution in [0, 0.1) is 0 Å². The standard InChI is InChI=1S/C10H13F3N2O3S/c11-10(12,13)5-1-2-6-15-19(17,18)8-3-4-9(16)14-7-8/h3-4,7,15H,1-2,5-6H2,(H,14,16). The maximum absolute atomic E-state index is 11.8. The minimum absolute atomic E-state index is 0.0854. The maximum atomic E-state index is 11.8. The molecule has 0 saturated carbocycles. The monoisotopic (exact) mass is 298 g/mol. The van der Waals surface area contributed by atoms with Crippen molar-refractivity contribution in [2.24, 2.45) is 0 Å². The summed E-state index contributed by atoms with van der Waals surface area (Å²) in [6.45, 7) is -0.0858. The van der Waals surface area contributed by atoms with Crippen molar-refractivity contribution < 1.29 is 21.6 Å². The van der Waals surface area contributed by atoms with E-state index in [4.69, 9.17) is 0 Å². The first kappa shape index (κ1) is 15.7. The lowest BCUT2D eigenvalue weighted by Crippen LogP contribution is -2.25. The van der Waals surface area contributed by atoms with E-state index >= 15 is 0 Å². The van der Waals surface area contributed by atoms with Crippen LogP contribution < -0.4 is 10.3 Å². The highest BCUT2D eigenvalue weighted by Crippen LogP contribution is 2.21. The number of sulfonamides is 1. The van der Waals surface area contributed by atoms with Crippen LogP contribution in [0.5, 0.6) is 0 Å². The lowest BCUT2D eigenvalue weighted by atomic mass is 10.2. The average molecular weight is 298 g/mol. The van der Waals surface area contributed by atoms with Crippen molar-refractivity contribution in [3.8, 4) is 0 Å². The van der Waals surface area contributed by atoms with Crippen LogP contribution in [0.3, 0.4) is 0 Å². The van der Waals surface area contributed by atoms with Crippen LogP contribution in [0.15, 0.2) is 28.0 Å². The summed E-state index contributed by atoms with van der Waals surface area (Å²) in [6.07, 6.45) is -4.19. The van der Waals surface area contributed by atoms with Gasteiger partial charge in [0.15, 0.2) is 0 Å². The molecule has 0 amide bonds. The Morgan fingerprint density at radius 3 is 2.42 bits per heavy atom. The summed E-state index contributed by atoms with van der Waals surface area (Å²) in [7, 11) is -3.79. The van der Waals surface area contributed by atoms with Crippen molar-refractivity contribution >= 4 is 10.0 Å². The summed E-state index contributed by atoms with van der Waals surface area (Å²) < 4.78 is 61.0. The van der Waals surface area contributed by atoms with Crippen molar-refractivity contribution in [3.05, 3.63) is 28.7 Å². The Hall–Kier alpha value is -1.35. The number of hydrogen-bond donors (Lipinski definition) is 2.